The van der Waals surface area contributed by atoms with Gasteiger partial charge in [0.15, 0.2) is 0 Å². The fourth-order valence-electron chi connectivity index (χ4n) is 3.40. The topological polar surface area (TPSA) is 0 Å². The lowest BCUT2D eigenvalue weighted by Crippen LogP contribution is -1.76. The second kappa shape index (κ2) is 5.87. The predicted octanol–water partition coefficient (Wildman–Crippen LogP) is 7.38. The molecule has 0 spiro atoms. The summed E-state index contributed by atoms with van der Waals surface area (Å²) in [5, 5.41) is 5.26. The number of fused-ring (bicyclic) bond motifs is 4. The van der Waals surface area contributed by atoms with Crippen molar-refractivity contribution in [2.24, 2.45) is 0 Å². The molecular weight excluding hydrogens is 320 g/mol. The van der Waals surface area contributed by atoms with Crippen LogP contribution in [0.1, 0.15) is 11.1 Å². The minimum Gasteiger partial charge on any atom is -0.135 e. The van der Waals surface area contributed by atoms with E-state index in [1.54, 1.807) is 0 Å². The Balaban J connectivity index is 1.61. The SMILES string of the molecule is C(=C\c1cccc2c1sc1ccccc12)/c1ccc2ccccc2c1. The molecule has 0 amide bonds. The van der Waals surface area contributed by atoms with Gasteiger partial charge in [0.2, 0.25) is 0 Å². The summed E-state index contributed by atoms with van der Waals surface area (Å²) in [6.45, 7) is 0. The average Bonchev–Trinajstić information content (AvgIpc) is 3.05. The van der Waals surface area contributed by atoms with Gasteiger partial charge in [-0.15, -0.1) is 11.3 Å². The van der Waals surface area contributed by atoms with Gasteiger partial charge in [-0.05, 0) is 34.0 Å². The van der Waals surface area contributed by atoms with Crippen LogP contribution >= 0.6 is 11.3 Å². The maximum atomic E-state index is 2.25. The number of thiophene rings is 1. The fraction of sp³-hybridized carbons (Fsp3) is 0. The van der Waals surface area contributed by atoms with Crippen LogP contribution in [-0.2, 0) is 0 Å². The van der Waals surface area contributed by atoms with Crippen molar-refractivity contribution in [1.29, 1.82) is 0 Å². The zero-order chi connectivity index (χ0) is 16.6. The number of hydrogen-bond donors (Lipinski definition) is 0. The molecule has 1 heterocycles. The lowest BCUT2D eigenvalue weighted by Gasteiger charge is -2.00. The molecule has 118 valence electrons. The van der Waals surface area contributed by atoms with Crippen LogP contribution in [0.25, 0.3) is 43.1 Å². The summed E-state index contributed by atoms with van der Waals surface area (Å²) in [5.74, 6) is 0. The predicted molar refractivity (Wildman–Crippen MR) is 112 cm³/mol. The van der Waals surface area contributed by atoms with E-state index in [0.717, 1.165) is 0 Å². The van der Waals surface area contributed by atoms with Gasteiger partial charge in [-0.25, -0.2) is 0 Å². The molecule has 0 radical (unpaired) electrons. The highest BCUT2D eigenvalue weighted by Gasteiger charge is 2.06. The standard InChI is InChI=1S/C24H16S/c1-2-7-20-16-17(12-14-18(20)6-1)13-15-19-8-5-10-22-21-9-3-4-11-23(21)25-24(19)22/h1-16H/b15-13+. The zero-order valence-corrected chi connectivity index (χ0v) is 14.5. The molecule has 0 aliphatic heterocycles. The van der Waals surface area contributed by atoms with E-state index >= 15 is 0 Å². The molecule has 0 bridgehead atoms. The average molecular weight is 336 g/mol. The number of rotatable bonds is 2. The van der Waals surface area contributed by atoms with Crippen molar-refractivity contribution in [1.82, 2.24) is 0 Å². The Kier molecular flexibility index (Phi) is 3.39. The van der Waals surface area contributed by atoms with E-state index in [2.05, 4.69) is 97.1 Å². The number of hydrogen-bond acceptors (Lipinski definition) is 1. The summed E-state index contributed by atoms with van der Waals surface area (Å²) in [6, 6.07) is 30.3. The first-order valence-corrected chi connectivity index (χ1v) is 9.27. The molecule has 0 saturated carbocycles. The largest absolute Gasteiger partial charge is 0.135 e. The third kappa shape index (κ3) is 2.54. The molecule has 0 nitrogen and oxygen atoms in total. The molecule has 1 aromatic heterocycles. The van der Waals surface area contributed by atoms with Gasteiger partial charge in [-0.1, -0.05) is 84.9 Å². The minimum atomic E-state index is 1.23. The summed E-state index contributed by atoms with van der Waals surface area (Å²) in [5.41, 5.74) is 2.52. The van der Waals surface area contributed by atoms with Crippen molar-refractivity contribution < 1.29 is 0 Å². The van der Waals surface area contributed by atoms with Gasteiger partial charge in [0.25, 0.3) is 0 Å². The van der Waals surface area contributed by atoms with Crippen molar-refractivity contribution in [3.63, 3.8) is 0 Å². The van der Waals surface area contributed by atoms with Gasteiger partial charge in [-0.3, -0.25) is 0 Å². The van der Waals surface area contributed by atoms with Gasteiger partial charge in [0, 0.05) is 20.2 Å². The van der Waals surface area contributed by atoms with Gasteiger partial charge in [0.1, 0.15) is 0 Å². The Bertz CT molecular complexity index is 1240. The second-order valence-electron chi connectivity index (χ2n) is 6.26. The van der Waals surface area contributed by atoms with E-state index in [4.69, 9.17) is 0 Å². The van der Waals surface area contributed by atoms with Crippen LogP contribution in [-0.4, -0.2) is 0 Å². The van der Waals surface area contributed by atoms with Crippen molar-refractivity contribution in [3.05, 3.63) is 96.1 Å². The first-order chi connectivity index (χ1) is 12.4. The zero-order valence-electron chi connectivity index (χ0n) is 13.6. The third-order valence-electron chi connectivity index (χ3n) is 4.66. The summed E-state index contributed by atoms with van der Waals surface area (Å²) in [6.07, 6.45) is 4.45. The molecule has 0 atom stereocenters. The lowest BCUT2D eigenvalue weighted by atomic mass is 10.1. The van der Waals surface area contributed by atoms with Crippen LogP contribution in [0, 0.1) is 0 Å². The molecule has 0 aliphatic rings. The van der Waals surface area contributed by atoms with Gasteiger partial charge >= 0.3 is 0 Å². The van der Waals surface area contributed by atoms with E-state index in [0.29, 0.717) is 0 Å². The Morgan fingerprint density at radius 2 is 1.40 bits per heavy atom. The van der Waals surface area contributed by atoms with Crippen LogP contribution in [0.15, 0.2) is 84.9 Å². The highest BCUT2D eigenvalue weighted by molar-refractivity contribution is 7.26. The Labute approximate surface area is 150 Å². The first kappa shape index (κ1) is 14.4. The van der Waals surface area contributed by atoms with Gasteiger partial charge < -0.3 is 0 Å². The summed E-state index contributed by atoms with van der Waals surface area (Å²) in [4.78, 5) is 0. The van der Waals surface area contributed by atoms with Crippen molar-refractivity contribution in [3.8, 4) is 0 Å². The summed E-state index contributed by atoms with van der Waals surface area (Å²) < 4.78 is 2.71. The molecule has 0 aliphatic carbocycles. The summed E-state index contributed by atoms with van der Waals surface area (Å²) >= 11 is 1.87. The molecule has 0 unspecified atom stereocenters. The van der Waals surface area contributed by atoms with Crippen LogP contribution in [0.5, 0.6) is 0 Å². The van der Waals surface area contributed by atoms with Crippen molar-refractivity contribution in [2.75, 3.05) is 0 Å². The molecule has 5 aromatic rings. The molecule has 0 fully saturated rings. The fourth-order valence-corrected chi connectivity index (χ4v) is 4.59. The minimum absolute atomic E-state index is 1.23. The van der Waals surface area contributed by atoms with Crippen molar-refractivity contribution in [2.45, 2.75) is 0 Å². The molecule has 0 saturated heterocycles. The monoisotopic (exact) mass is 336 g/mol. The van der Waals surface area contributed by atoms with Crippen molar-refractivity contribution >= 4 is 54.4 Å². The molecule has 4 aromatic carbocycles. The highest BCUT2D eigenvalue weighted by Crippen LogP contribution is 2.36. The molecule has 5 rings (SSSR count). The highest BCUT2D eigenvalue weighted by atomic mass is 32.1. The van der Waals surface area contributed by atoms with E-state index in [-0.39, 0.29) is 0 Å². The normalized spacial score (nSPS) is 11.8. The first-order valence-electron chi connectivity index (χ1n) is 8.46. The lowest BCUT2D eigenvalue weighted by molar-refractivity contribution is 1.71. The Hall–Kier alpha value is -2.90. The maximum absolute atomic E-state index is 2.25. The van der Waals surface area contributed by atoms with Crippen LogP contribution in [0.4, 0.5) is 0 Å². The van der Waals surface area contributed by atoms with Crippen LogP contribution < -0.4 is 0 Å². The maximum Gasteiger partial charge on any atom is 0.0427 e. The van der Waals surface area contributed by atoms with Crippen LogP contribution in [0.3, 0.4) is 0 Å². The molecule has 0 N–H and O–H groups in total. The van der Waals surface area contributed by atoms with E-state index in [1.165, 1.54) is 42.1 Å². The van der Waals surface area contributed by atoms with Gasteiger partial charge in [0.05, 0.1) is 0 Å². The third-order valence-corrected chi connectivity index (χ3v) is 5.90. The Morgan fingerprint density at radius 3 is 2.36 bits per heavy atom. The second-order valence-corrected chi connectivity index (χ2v) is 7.31. The molecule has 25 heavy (non-hydrogen) atoms. The number of benzene rings is 4. The van der Waals surface area contributed by atoms with E-state index in [1.807, 2.05) is 11.3 Å². The van der Waals surface area contributed by atoms with Crippen LogP contribution in [0.2, 0.25) is 0 Å². The quantitative estimate of drug-likeness (QED) is 0.295. The van der Waals surface area contributed by atoms with Gasteiger partial charge in [-0.2, -0.15) is 0 Å². The Morgan fingerprint density at radius 1 is 0.600 bits per heavy atom. The van der Waals surface area contributed by atoms with E-state index in [9.17, 15) is 0 Å². The molecular formula is C24H16S. The van der Waals surface area contributed by atoms with E-state index < -0.39 is 0 Å². The summed E-state index contributed by atoms with van der Waals surface area (Å²) in [7, 11) is 0. The molecule has 1 heteroatoms. The smallest absolute Gasteiger partial charge is 0.0427 e.